The number of fused-ring (bicyclic) bond motifs is 1. The van der Waals surface area contributed by atoms with Crippen LogP contribution >= 0.6 is 0 Å². The molecule has 1 aromatic heterocycles. The van der Waals surface area contributed by atoms with Gasteiger partial charge in [0.05, 0.1) is 17.0 Å². The Balaban J connectivity index is 1.68. The second-order valence-corrected chi connectivity index (χ2v) is 6.16. The summed E-state index contributed by atoms with van der Waals surface area (Å²) >= 11 is 0. The fourth-order valence-corrected chi connectivity index (χ4v) is 3.34. The van der Waals surface area contributed by atoms with Crippen LogP contribution in [0, 0.1) is 6.92 Å². The summed E-state index contributed by atoms with van der Waals surface area (Å²) in [5.74, 6) is 0.399. The molecule has 2 N–H and O–H groups in total. The number of aryl methyl sites for hydroxylation is 2. The molecule has 0 atom stereocenters. The summed E-state index contributed by atoms with van der Waals surface area (Å²) < 4.78 is 0. The van der Waals surface area contributed by atoms with Crippen LogP contribution in [0.2, 0.25) is 0 Å². The van der Waals surface area contributed by atoms with Crippen molar-refractivity contribution in [3.8, 4) is 0 Å². The Kier molecular flexibility index (Phi) is 4.36. The van der Waals surface area contributed by atoms with Crippen LogP contribution in [0.4, 0.5) is 10.7 Å². The lowest BCUT2D eigenvalue weighted by Gasteiger charge is -2.23. The summed E-state index contributed by atoms with van der Waals surface area (Å²) in [6, 6.07) is -0.0116. The molecule has 0 saturated heterocycles. The molecule has 6 heteroatoms. The van der Waals surface area contributed by atoms with Crippen molar-refractivity contribution >= 4 is 17.8 Å². The van der Waals surface area contributed by atoms with E-state index >= 15 is 0 Å². The molecule has 2 aliphatic carbocycles. The molecule has 118 valence electrons. The third kappa shape index (κ3) is 3.26. The first-order valence-electron chi connectivity index (χ1n) is 8.11. The first-order valence-corrected chi connectivity index (χ1v) is 8.11. The van der Waals surface area contributed by atoms with Crippen LogP contribution in [-0.4, -0.2) is 27.8 Å². The highest BCUT2D eigenvalue weighted by Gasteiger charge is 2.23. The Morgan fingerprint density at radius 2 is 1.86 bits per heavy atom. The van der Waals surface area contributed by atoms with Crippen molar-refractivity contribution in [1.29, 1.82) is 0 Å². The molecular weight excluding hydrogens is 280 g/mol. The van der Waals surface area contributed by atoms with Crippen molar-refractivity contribution < 1.29 is 9.59 Å². The van der Waals surface area contributed by atoms with E-state index in [0.29, 0.717) is 23.6 Å². The maximum Gasteiger partial charge on any atom is 0.321 e. The smallest absolute Gasteiger partial charge is 0.321 e. The van der Waals surface area contributed by atoms with Gasteiger partial charge in [-0.1, -0.05) is 19.3 Å². The molecule has 2 aliphatic rings. The summed E-state index contributed by atoms with van der Waals surface area (Å²) in [5.41, 5.74) is 2.06. The number of rotatable bonds is 2. The van der Waals surface area contributed by atoms with Crippen molar-refractivity contribution in [3.05, 3.63) is 17.0 Å². The zero-order valence-electron chi connectivity index (χ0n) is 12.9. The molecule has 6 nitrogen and oxygen atoms in total. The van der Waals surface area contributed by atoms with Crippen molar-refractivity contribution in [3.63, 3.8) is 0 Å². The standard InChI is InChI=1S/C16H22N4O2/c1-10-14-12(8-5-9-13(14)21)19-15(17-10)20-16(22)18-11-6-3-2-4-7-11/h11H,2-9H2,1H3,(H2,17,18,19,20,22). The van der Waals surface area contributed by atoms with Gasteiger partial charge in [-0.15, -0.1) is 0 Å². The van der Waals surface area contributed by atoms with Crippen LogP contribution in [0.15, 0.2) is 0 Å². The molecule has 2 amide bonds. The number of hydrogen-bond acceptors (Lipinski definition) is 4. The highest BCUT2D eigenvalue weighted by molar-refractivity contribution is 5.99. The van der Waals surface area contributed by atoms with Gasteiger partial charge < -0.3 is 5.32 Å². The Hall–Kier alpha value is -1.98. The van der Waals surface area contributed by atoms with E-state index in [9.17, 15) is 9.59 Å². The van der Waals surface area contributed by atoms with Gasteiger partial charge in [0, 0.05) is 12.5 Å². The number of hydrogen-bond donors (Lipinski definition) is 2. The normalized spacial score (nSPS) is 18.7. The predicted octanol–water partition coefficient (Wildman–Crippen LogP) is 2.76. The lowest BCUT2D eigenvalue weighted by atomic mass is 9.94. The van der Waals surface area contributed by atoms with Crippen LogP contribution < -0.4 is 10.6 Å². The SMILES string of the molecule is Cc1nc(NC(=O)NC2CCCCC2)nc2c1C(=O)CCC2. The van der Waals surface area contributed by atoms with Crippen molar-refractivity contribution in [2.45, 2.75) is 64.3 Å². The van der Waals surface area contributed by atoms with Crippen LogP contribution in [0.3, 0.4) is 0 Å². The van der Waals surface area contributed by atoms with Gasteiger partial charge >= 0.3 is 6.03 Å². The van der Waals surface area contributed by atoms with Gasteiger partial charge in [-0.3, -0.25) is 10.1 Å². The molecule has 1 aromatic rings. The number of carbonyl (C=O) groups is 2. The van der Waals surface area contributed by atoms with Crippen molar-refractivity contribution in [2.24, 2.45) is 0 Å². The van der Waals surface area contributed by atoms with Crippen molar-refractivity contribution in [1.82, 2.24) is 15.3 Å². The minimum atomic E-state index is -0.256. The first kappa shape index (κ1) is 14.9. The Labute approximate surface area is 130 Å². The molecular formula is C16H22N4O2. The van der Waals surface area contributed by atoms with E-state index in [1.165, 1.54) is 19.3 Å². The largest absolute Gasteiger partial charge is 0.335 e. The van der Waals surface area contributed by atoms with Gasteiger partial charge in [0.2, 0.25) is 5.95 Å². The number of anilines is 1. The van der Waals surface area contributed by atoms with Gasteiger partial charge in [0.1, 0.15) is 0 Å². The molecule has 0 aromatic carbocycles. The first-order chi connectivity index (χ1) is 10.6. The van der Waals surface area contributed by atoms with Gasteiger partial charge in [-0.05, 0) is 32.6 Å². The number of carbonyl (C=O) groups excluding carboxylic acids is 2. The van der Waals surface area contributed by atoms with E-state index in [0.717, 1.165) is 31.4 Å². The summed E-state index contributed by atoms with van der Waals surface area (Å²) in [4.78, 5) is 32.6. The van der Waals surface area contributed by atoms with E-state index < -0.39 is 0 Å². The summed E-state index contributed by atoms with van der Waals surface area (Å²) in [5, 5.41) is 5.69. The van der Waals surface area contributed by atoms with Crippen LogP contribution in [0.5, 0.6) is 0 Å². The van der Waals surface area contributed by atoms with E-state index in [-0.39, 0.29) is 17.9 Å². The van der Waals surface area contributed by atoms with Gasteiger partial charge in [0.15, 0.2) is 5.78 Å². The molecule has 0 aliphatic heterocycles. The quantitative estimate of drug-likeness (QED) is 0.879. The molecule has 0 bridgehead atoms. The average molecular weight is 302 g/mol. The number of nitrogens with zero attached hydrogens (tertiary/aromatic N) is 2. The number of urea groups is 1. The summed E-state index contributed by atoms with van der Waals surface area (Å²) in [7, 11) is 0. The predicted molar refractivity (Wildman–Crippen MR) is 83.1 cm³/mol. The third-order valence-corrected chi connectivity index (χ3v) is 4.43. The molecule has 0 unspecified atom stereocenters. The molecule has 0 spiro atoms. The molecule has 0 radical (unpaired) electrons. The monoisotopic (exact) mass is 302 g/mol. The van der Waals surface area contributed by atoms with Gasteiger partial charge in [-0.25, -0.2) is 14.8 Å². The third-order valence-electron chi connectivity index (χ3n) is 4.43. The van der Waals surface area contributed by atoms with Crippen LogP contribution in [-0.2, 0) is 6.42 Å². The molecule has 3 rings (SSSR count). The minimum Gasteiger partial charge on any atom is -0.335 e. The van der Waals surface area contributed by atoms with E-state index in [2.05, 4.69) is 20.6 Å². The molecule has 1 heterocycles. The number of aromatic nitrogens is 2. The topological polar surface area (TPSA) is 84.0 Å². The Morgan fingerprint density at radius 1 is 1.09 bits per heavy atom. The van der Waals surface area contributed by atoms with Crippen LogP contribution in [0.1, 0.15) is 66.7 Å². The second-order valence-electron chi connectivity index (χ2n) is 6.16. The van der Waals surface area contributed by atoms with Crippen molar-refractivity contribution in [2.75, 3.05) is 5.32 Å². The average Bonchev–Trinajstić information content (AvgIpc) is 2.47. The van der Waals surface area contributed by atoms with Gasteiger partial charge in [0.25, 0.3) is 0 Å². The number of amides is 2. The highest BCUT2D eigenvalue weighted by atomic mass is 16.2. The molecule has 1 saturated carbocycles. The van der Waals surface area contributed by atoms with Gasteiger partial charge in [-0.2, -0.15) is 0 Å². The fourth-order valence-electron chi connectivity index (χ4n) is 3.34. The maximum atomic E-state index is 12.1. The minimum absolute atomic E-state index is 0.108. The Morgan fingerprint density at radius 3 is 2.64 bits per heavy atom. The zero-order valence-corrected chi connectivity index (χ0v) is 12.9. The summed E-state index contributed by atoms with van der Waals surface area (Å²) in [6.07, 6.45) is 7.80. The zero-order chi connectivity index (χ0) is 15.5. The fraction of sp³-hybridized carbons (Fsp3) is 0.625. The van der Waals surface area contributed by atoms with E-state index in [4.69, 9.17) is 0 Å². The highest BCUT2D eigenvalue weighted by Crippen LogP contribution is 2.23. The lowest BCUT2D eigenvalue weighted by Crippen LogP contribution is -2.39. The molecule has 22 heavy (non-hydrogen) atoms. The van der Waals surface area contributed by atoms with Crippen LogP contribution in [0.25, 0.3) is 0 Å². The lowest BCUT2D eigenvalue weighted by molar-refractivity contribution is 0.0970. The Bertz CT molecular complexity index is 594. The number of Topliss-reactive ketones (excluding diaryl/α,β-unsaturated/α-hetero) is 1. The second kappa shape index (κ2) is 6.42. The van der Waals surface area contributed by atoms with E-state index in [1.54, 1.807) is 6.92 Å². The maximum absolute atomic E-state index is 12.1. The number of nitrogens with one attached hydrogen (secondary N) is 2. The van der Waals surface area contributed by atoms with E-state index in [1.807, 2.05) is 0 Å². The molecule has 1 fully saturated rings. The summed E-state index contributed by atoms with van der Waals surface area (Å²) in [6.45, 7) is 1.80. The number of ketones is 1.